The number of likely N-dealkylation sites (tertiary alicyclic amines) is 1. The van der Waals surface area contributed by atoms with Gasteiger partial charge in [0.25, 0.3) is 0 Å². The first-order chi connectivity index (χ1) is 13.1. The standard InChI is InChI=1S/C20H30ClN5O.HI/c1-3-23-20(24-16-7-9-26(10-8-16)13-19(27)22-2)25-18-12-17(18)14-5-4-6-15(21)11-14;/h4-6,11,16-18H,3,7-10,12-13H2,1-2H3,(H,22,27)(H2,23,24,25);1H. The van der Waals surface area contributed by atoms with Crippen molar-refractivity contribution >= 4 is 47.4 Å². The molecule has 156 valence electrons. The summed E-state index contributed by atoms with van der Waals surface area (Å²) in [5.74, 6) is 1.48. The topological polar surface area (TPSA) is 68.8 Å². The predicted molar refractivity (Wildman–Crippen MR) is 126 cm³/mol. The normalized spacial score (nSPS) is 22.9. The monoisotopic (exact) mass is 519 g/mol. The first-order valence-electron chi connectivity index (χ1n) is 9.85. The fraction of sp³-hybridized carbons (Fsp3) is 0.600. The second-order valence-corrected chi connectivity index (χ2v) is 7.78. The van der Waals surface area contributed by atoms with E-state index >= 15 is 0 Å². The molecule has 2 unspecified atom stereocenters. The lowest BCUT2D eigenvalue weighted by Crippen LogP contribution is -2.50. The molecule has 0 spiro atoms. The summed E-state index contributed by atoms with van der Waals surface area (Å²) in [5, 5.41) is 10.6. The number of nitrogens with zero attached hydrogens (tertiary/aromatic N) is 2. The highest BCUT2D eigenvalue weighted by Crippen LogP contribution is 2.41. The van der Waals surface area contributed by atoms with Crippen molar-refractivity contribution in [2.24, 2.45) is 4.99 Å². The van der Waals surface area contributed by atoms with Crippen molar-refractivity contribution in [3.05, 3.63) is 34.9 Å². The van der Waals surface area contributed by atoms with Gasteiger partial charge in [0.1, 0.15) is 0 Å². The highest BCUT2D eigenvalue weighted by molar-refractivity contribution is 14.0. The molecule has 1 saturated heterocycles. The van der Waals surface area contributed by atoms with E-state index in [1.54, 1.807) is 7.05 Å². The third-order valence-electron chi connectivity index (χ3n) is 5.28. The van der Waals surface area contributed by atoms with Gasteiger partial charge in [-0.25, -0.2) is 0 Å². The number of aliphatic imine (C=N–C) groups is 1. The predicted octanol–water partition coefficient (Wildman–Crippen LogP) is 2.58. The van der Waals surface area contributed by atoms with Crippen LogP contribution < -0.4 is 16.0 Å². The minimum Gasteiger partial charge on any atom is -0.358 e. The van der Waals surface area contributed by atoms with Gasteiger partial charge in [0.2, 0.25) is 5.91 Å². The summed E-state index contributed by atoms with van der Waals surface area (Å²) in [5.41, 5.74) is 1.29. The number of carbonyl (C=O) groups is 1. The largest absolute Gasteiger partial charge is 0.358 e. The molecule has 1 aromatic rings. The summed E-state index contributed by atoms with van der Waals surface area (Å²) in [7, 11) is 1.68. The molecule has 3 rings (SSSR count). The maximum atomic E-state index is 11.5. The van der Waals surface area contributed by atoms with Crippen LogP contribution in [-0.2, 0) is 4.79 Å². The van der Waals surface area contributed by atoms with E-state index in [1.165, 1.54) is 5.56 Å². The Morgan fingerprint density at radius 1 is 1.29 bits per heavy atom. The Morgan fingerprint density at radius 3 is 2.68 bits per heavy atom. The average molecular weight is 520 g/mol. The molecule has 2 atom stereocenters. The van der Waals surface area contributed by atoms with Crippen LogP contribution in [0.25, 0.3) is 0 Å². The van der Waals surface area contributed by atoms with Crippen LogP contribution in [0.1, 0.15) is 37.7 Å². The van der Waals surface area contributed by atoms with E-state index in [0.717, 1.165) is 49.9 Å². The van der Waals surface area contributed by atoms with Gasteiger partial charge in [-0.2, -0.15) is 0 Å². The molecule has 0 radical (unpaired) electrons. The molecule has 2 aliphatic rings. The molecule has 28 heavy (non-hydrogen) atoms. The van der Waals surface area contributed by atoms with E-state index in [2.05, 4.69) is 44.9 Å². The zero-order chi connectivity index (χ0) is 19.2. The zero-order valence-corrected chi connectivity index (χ0v) is 19.7. The van der Waals surface area contributed by atoms with E-state index in [9.17, 15) is 4.79 Å². The van der Waals surface area contributed by atoms with Crippen molar-refractivity contribution in [1.82, 2.24) is 20.9 Å². The van der Waals surface area contributed by atoms with Gasteiger partial charge in [-0.15, -0.1) is 24.0 Å². The summed E-state index contributed by atoms with van der Waals surface area (Å²) >= 11 is 6.12. The highest BCUT2D eigenvalue weighted by Gasteiger charge is 2.39. The Hall–Kier alpha value is -1.06. The number of likely N-dealkylation sites (N-methyl/N-ethyl adjacent to an activating group) is 1. The number of carbonyl (C=O) groups excluding carboxylic acids is 1. The van der Waals surface area contributed by atoms with Gasteiger partial charge in [-0.05, 0) is 43.9 Å². The number of piperidine rings is 1. The molecule has 3 N–H and O–H groups in total. The van der Waals surface area contributed by atoms with Gasteiger partial charge in [0.15, 0.2) is 5.96 Å². The average Bonchev–Trinajstić information content (AvgIpc) is 3.42. The molecule has 1 amide bonds. The summed E-state index contributed by atoms with van der Waals surface area (Å²) in [4.78, 5) is 18.3. The van der Waals surface area contributed by atoms with Crippen molar-refractivity contribution in [2.45, 2.75) is 44.2 Å². The van der Waals surface area contributed by atoms with Crippen LogP contribution in [0.2, 0.25) is 5.02 Å². The van der Waals surface area contributed by atoms with Crippen LogP contribution in [0.4, 0.5) is 0 Å². The number of guanidine groups is 1. The van der Waals surface area contributed by atoms with Gasteiger partial charge in [0.05, 0.1) is 6.54 Å². The van der Waals surface area contributed by atoms with Crippen LogP contribution in [0.3, 0.4) is 0 Å². The maximum Gasteiger partial charge on any atom is 0.233 e. The zero-order valence-electron chi connectivity index (χ0n) is 16.6. The molecule has 1 aliphatic carbocycles. The number of rotatable bonds is 6. The number of benzene rings is 1. The van der Waals surface area contributed by atoms with Gasteiger partial charge >= 0.3 is 0 Å². The van der Waals surface area contributed by atoms with Crippen molar-refractivity contribution < 1.29 is 4.79 Å². The molecule has 8 heteroatoms. The Kier molecular flexibility index (Phi) is 9.30. The molecular formula is C20H31ClIN5O. The lowest BCUT2D eigenvalue weighted by molar-refractivity contribution is -0.122. The van der Waals surface area contributed by atoms with Gasteiger partial charge < -0.3 is 16.0 Å². The first-order valence-corrected chi connectivity index (χ1v) is 10.2. The Morgan fingerprint density at radius 2 is 2.04 bits per heavy atom. The summed E-state index contributed by atoms with van der Waals surface area (Å²) < 4.78 is 0. The number of amides is 1. The Balaban J connectivity index is 0.00000280. The minimum atomic E-state index is 0. The van der Waals surface area contributed by atoms with Gasteiger partial charge in [-0.1, -0.05) is 23.7 Å². The third-order valence-corrected chi connectivity index (χ3v) is 5.52. The second-order valence-electron chi connectivity index (χ2n) is 7.34. The number of hydrogen-bond donors (Lipinski definition) is 3. The van der Waals surface area contributed by atoms with E-state index in [-0.39, 0.29) is 29.9 Å². The summed E-state index contributed by atoms with van der Waals surface area (Å²) in [6.45, 7) is 5.15. The molecule has 1 heterocycles. The molecule has 0 bridgehead atoms. The molecule has 1 saturated carbocycles. The minimum absolute atomic E-state index is 0. The number of halogens is 2. The molecule has 2 fully saturated rings. The lowest BCUT2D eigenvalue weighted by Gasteiger charge is -2.32. The van der Waals surface area contributed by atoms with Gasteiger partial charge in [-0.3, -0.25) is 14.7 Å². The third kappa shape index (κ3) is 6.77. The number of nitrogens with one attached hydrogen (secondary N) is 3. The highest BCUT2D eigenvalue weighted by atomic mass is 127. The van der Waals surface area contributed by atoms with Crippen LogP contribution in [0.5, 0.6) is 0 Å². The molecular weight excluding hydrogens is 489 g/mol. The molecule has 1 aliphatic heterocycles. The fourth-order valence-corrected chi connectivity index (χ4v) is 3.84. The van der Waals surface area contributed by atoms with Crippen LogP contribution in [0.15, 0.2) is 29.3 Å². The number of hydrogen-bond acceptors (Lipinski definition) is 3. The van der Waals surface area contributed by atoms with Crippen molar-refractivity contribution in [3.63, 3.8) is 0 Å². The van der Waals surface area contributed by atoms with Crippen molar-refractivity contribution in [3.8, 4) is 0 Å². The van der Waals surface area contributed by atoms with Crippen LogP contribution >= 0.6 is 35.6 Å². The van der Waals surface area contributed by atoms with E-state index in [1.807, 2.05) is 12.1 Å². The molecule has 6 nitrogen and oxygen atoms in total. The van der Waals surface area contributed by atoms with Gasteiger partial charge in [0, 0.05) is 49.7 Å². The summed E-state index contributed by atoms with van der Waals surface area (Å²) in [6.07, 6.45) is 3.14. The molecule has 0 aromatic heterocycles. The Bertz CT molecular complexity index is 678. The van der Waals surface area contributed by atoms with Crippen LogP contribution in [0, 0.1) is 0 Å². The van der Waals surface area contributed by atoms with Crippen LogP contribution in [-0.4, -0.2) is 62.1 Å². The smallest absolute Gasteiger partial charge is 0.233 e. The molecule has 1 aromatic carbocycles. The van der Waals surface area contributed by atoms with E-state index in [0.29, 0.717) is 24.5 Å². The first kappa shape index (κ1) is 23.2. The van der Waals surface area contributed by atoms with E-state index < -0.39 is 0 Å². The Labute approximate surface area is 189 Å². The lowest BCUT2D eigenvalue weighted by atomic mass is 10.1. The SMILES string of the molecule is CCN=C(NC1CCN(CC(=O)NC)CC1)NC1CC1c1cccc(Cl)c1.I. The van der Waals surface area contributed by atoms with E-state index in [4.69, 9.17) is 11.6 Å². The van der Waals surface area contributed by atoms with Crippen molar-refractivity contribution in [2.75, 3.05) is 33.2 Å². The summed E-state index contributed by atoms with van der Waals surface area (Å²) in [6, 6.07) is 8.93. The maximum absolute atomic E-state index is 11.5. The second kappa shape index (κ2) is 11.2. The fourth-order valence-electron chi connectivity index (χ4n) is 3.64. The quantitative estimate of drug-likeness (QED) is 0.307. The van der Waals surface area contributed by atoms with Crippen molar-refractivity contribution in [1.29, 1.82) is 0 Å².